The van der Waals surface area contributed by atoms with E-state index in [4.69, 9.17) is 16.3 Å². The topological polar surface area (TPSA) is 204 Å². The number of nitrogens with one attached hydrogen (secondary N) is 4. The molecule has 17 heteroatoms. The molecule has 0 aromatic heterocycles. The fourth-order valence-electron chi connectivity index (χ4n) is 8.18. The molecule has 0 spiro atoms. The number of ether oxygens (including phenoxy) is 1. The largest absolute Gasteiger partial charge is 0.458 e. The van der Waals surface area contributed by atoms with Crippen molar-refractivity contribution in [2.45, 2.75) is 102 Å². The van der Waals surface area contributed by atoms with Gasteiger partial charge in [-0.15, -0.1) is 0 Å². The number of carbonyl (C=O) groups is 8. The molecule has 0 bridgehead atoms. The normalized spacial score (nSPS) is 27.5. The second-order valence-electron chi connectivity index (χ2n) is 15.8. The number of nitrogens with zero attached hydrogens (tertiary/aromatic N) is 3. The van der Waals surface area contributed by atoms with Gasteiger partial charge in [0, 0.05) is 31.1 Å². The number of cyclic esters (lactones) is 1. The van der Waals surface area contributed by atoms with E-state index in [1.807, 2.05) is 38.1 Å². The summed E-state index contributed by atoms with van der Waals surface area (Å²) in [5, 5.41) is 11.3. The summed E-state index contributed by atoms with van der Waals surface area (Å²) >= 11 is 6.03. The Balaban J connectivity index is 1.34. The number of hydrogen-bond acceptors (Lipinski definition) is 9. The van der Waals surface area contributed by atoms with Crippen molar-refractivity contribution in [2.75, 3.05) is 26.2 Å². The Morgan fingerprint density at radius 1 is 0.897 bits per heavy atom. The zero-order valence-corrected chi connectivity index (χ0v) is 33.8. The first-order valence-electron chi connectivity index (χ1n) is 19.7. The van der Waals surface area contributed by atoms with E-state index in [-0.39, 0.29) is 51.2 Å². The van der Waals surface area contributed by atoms with Crippen molar-refractivity contribution in [1.82, 2.24) is 36.0 Å². The van der Waals surface area contributed by atoms with Crippen molar-refractivity contribution in [3.05, 3.63) is 70.2 Å². The smallest absolute Gasteiger partial charge is 0.329 e. The monoisotopic (exact) mass is 819 g/mol. The average molecular weight is 820 g/mol. The fourth-order valence-corrected chi connectivity index (χ4v) is 8.30. The summed E-state index contributed by atoms with van der Waals surface area (Å²) in [6.07, 6.45) is -0.473. The van der Waals surface area contributed by atoms with Crippen LogP contribution in [0.4, 0.5) is 0 Å². The van der Waals surface area contributed by atoms with Crippen LogP contribution in [0.25, 0.3) is 0 Å². The van der Waals surface area contributed by atoms with E-state index in [0.717, 1.165) is 16.0 Å². The van der Waals surface area contributed by atoms with E-state index in [9.17, 15) is 38.4 Å². The Morgan fingerprint density at radius 3 is 2.36 bits per heavy atom. The number of carbonyl (C=O) groups excluding carboxylic acids is 8. The molecule has 6 rings (SSSR count). The lowest BCUT2D eigenvalue weighted by atomic mass is 10.0. The Hall–Kier alpha value is -5.51. The molecule has 310 valence electrons. The highest BCUT2D eigenvalue weighted by Gasteiger charge is 2.48. The van der Waals surface area contributed by atoms with E-state index in [0.29, 0.717) is 17.0 Å². The zero-order chi connectivity index (χ0) is 41.8. The first-order chi connectivity index (χ1) is 27.6. The van der Waals surface area contributed by atoms with E-state index >= 15 is 0 Å². The van der Waals surface area contributed by atoms with Gasteiger partial charge in [0.25, 0.3) is 0 Å². The number of aryl methyl sites for hydroxylation is 1. The third-order valence-corrected chi connectivity index (χ3v) is 11.4. The van der Waals surface area contributed by atoms with Gasteiger partial charge in [-0.3, -0.25) is 33.6 Å². The number of fused-ring (bicyclic) bond motifs is 3. The van der Waals surface area contributed by atoms with Gasteiger partial charge in [-0.1, -0.05) is 60.5 Å². The Bertz CT molecular complexity index is 1960. The quantitative estimate of drug-likeness (QED) is 0.286. The van der Waals surface area contributed by atoms with Crippen LogP contribution in [0.3, 0.4) is 0 Å². The molecule has 4 saturated heterocycles. The summed E-state index contributed by atoms with van der Waals surface area (Å²) in [6.45, 7) is 6.32. The number of esters is 1. The predicted octanol–water partition coefficient (Wildman–Crippen LogP) is 0.408. The lowest BCUT2D eigenvalue weighted by Gasteiger charge is -2.39. The van der Waals surface area contributed by atoms with Gasteiger partial charge in [0.1, 0.15) is 48.9 Å². The van der Waals surface area contributed by atoms with Gasteiger partial charge in [-0.05, 0) is 69.2 Å². The summed E-state index contributed by atoms with van der Waals surface area (Å²) in [4.78, 5) is 115. The molecule has 7 amide bonds. The maximum absolute atomic E-state index is 14.7. The van der Waals surface area contributed by atoms with Crippen molar-refractivity contribution in [3.8, 4) is 0 Å². The summed E-state index contributed by atoms with van der Waals surface area (Å²) in [5.74, 6) is -5.23. The van der Waals surface area contributed by atoms with E-state index < -0.39 is 96.2 Å². The van der Waals surface area contributed by atoms with Gasteiger partial charge in [-0.2, -0.15) is 0 Å². The predicted molar refractivity (Wildman–Crippen MR) is 210 cm³/mol. The van der Waals surface area contributed by atoms with Crippen molar-refractivity contribution >= 4 is 58.9 Å². The Labute approximate surface area is 341 Å². The number of piperazine rings is 1. The summed E-state index contributed by atoms with van der Waals surface area (Å²) in [5.41, 5.74) is 2.32. The van der Waals surface area contributed by atoms with Gasteiger partial charge in [0.05, 0.1) is 6.42 Å². The van der Waals surface area contributed by atoms with E-state index in [2.05, 4.69) is 21.3 Å². The first-order valence-corrected chi connectivity index (χ1v) is 20.1. The average Bonchev–Trinajstić information content (AvgIpc) is 3.83. The molecule has 0 radical (unpaired) electrons. The minimum absolute atomic E-state index is 0.0511. The molecule has 16 nitrogen and oxygen atoms in total. The van der Waals surface area contributed by atoms with Crippen molar-refractivity contribution in [1.29, 1.82) is 0 Å². The van der Waals surface area contributed by atoms with Crippen LogP contribution < -0.4 is 21.3 Å². The molecule has 0 unspecified atom stereocenters. The molecule has 4 fully saturated rings. The minimum Gasteiger partial charge on any atom is -0.458 e. The highest BCUT2D eigenvalue weighted by molar-refractivity contribution is 6.30. The summed E-state index contributed by atoms with van der Waals surface area (Å²) < 4.78 is 5.93. The minimum atomic E-state index is -1.54. The molecule has 58 heavy (non-hydrogen) atoms. The van der Waals surface area contributed by atoms with Crippen LogP contribution >= 0.6 is 11.6 Å². The maximum atomic E-state index is 14.7. The molecular formula is C41H50ClN7O9. The molecule has 8 atom stereocenters. The van der Waals surface area contributed by atoms with Gasteiger partial charge in [0.15, 0.2) is 0 Å². The van der Waals surface area contributed by atoms with Crippen LogP contribution in [0, 0.1) is 12.8 Å². The fraction of sp³-hybridized carbons (Fsp3) is 0.512. The lowest BCUT2D eigenvalue weighted by Crippen LogP contribution is -2.66. The van der Waals surface area contributed by atoms with E-state index in [1.54, 1.807) is 24.3 Å². The summed E-state index contributed by atoms with van der Waals surface area (Å²) in [7, 11) is 0. The van der Waals surface area contributed by atoms with E-state index in [1.165, 1.54) is 23.6 Å². The van der Waals surface area contributed by atoms with Crippen LogP contribution in [-0.4, -0.2) is 131 Å². The number of hydrogen-bond donors (Lipinski definition) is 4. The third-order valence-electron chi connectivity index (χ3n) is 11.2. The number of amides is 7. The van der Waals surface area contributed by atoms with Gasteiger partial charge >= 0.3 is 5.97 Å². The van der Waals surface area contributed by atoms with Crippen molar-refractivity contribution < 1.29 is 43.1 Å². The second-order valence-corrected chi connectivity index (χ2v) is 16.2. The zero-order valence-electron chi connectivity index (χ0n) is 33.0. The number of benzene rings is 2. The molecule has 4 N–H and O–H groups in total. The SMILES string of the molecule is Cc1cccc(C[C@H](NC(=O)Cc2ccc(Cl)cc2)C(=O)N[C@@H]2C(=O)N3CCC[C@H]3C(=O)N3CC(=O)NC[C@H]3C(=O)N[C@@H](C)C(=O)N3C[C@H](C)C[C@H]3C(=O)O[C@H]2C)c1. The van der Waals surface area contributed by atoms with Crippen molar-refractivity contribution in [2.24, 2.45) is 5.92 Å². The summed E-state index contributed by atoms with van der Waals surface area (Å²) in [6, 6.07) is 6.93. The standard InChI is InChI=1S/C41H50ClN7O9/c1-22-7-5-8-27(15-22)17-29(45-33(50)18-26-10-12-28(42)13-11-26)36(52)46-35-25(4)58-41(57)31-16-23(2)20-48(31)38(54)24(3)44-37(53)32-19-43-34(51)21-49(32)39(55)30-9-6-14-47(30)40(35)56/h5,7-8,10-13,15,23-25,29-32,35H,6,9,14,16-21H2,1-4H3,(H,43,51)(H,44,53)(H,45,50)(H,46,52)/t23-,24+,25+,29+,30+,31+,32+,35+/m1/s1. The van der Waals surface area contributed by atoms with Crippen LogP contribution in [0.1, 0.15) is 56.7 Å². The molecule has 2 aromatic carbocycles. The van der Waals surface area contributed by atoms with Crippen LogP contribution in [0.5, 0.6) is 0 Å². The molecule has 0 aliphatic carbocycles. The number of rotatable bonds is 7. The lowest BCUT2D eigenvalue weighted by molar-refractivity contribution is -0.163. The van der Waals surface area contributed by atoms with Crippen LogP contribution in [0.2, 0.25) is 5.02 Å². The molecule has 4 aliphatic rings. The second kappa shape index (κ2) is 18.0. The maximum Gasteiger partial charge on any atom is 0.329 e. The molecular weight excluding hydrogens is 770 g/mol. The highest BCUT2D eigenvalue weighted by Crippen LogP contribution is 2.27. The molecule has 0 saturated carbocycles. The van der Waals surface area contributed by atoms with Gasteiger partial charge in [0.2, 0.25) is 41.4 Å². The van der Waals surface area contributed by atoms with Gasteiger partial charge in [-0.25, -0.2) is 4.79 Å². The van der Waals surface area contributed by atoms with Gasteiger partial charge < -0.3 is 40.7 Å². The third kappa shape index (κ3) is 9.60. The van der Waals surface area contributed by atoms with Crippen molar-refractivity contribution in [3.63, 3.8) is 0 Å². The van der Waals surface area contributed by atoms with Crippen LogP contribution in [-0.2, 0) is 55.9 Å². The molecule has 4 aliphatic heterocycles. The number of halogens is 1. The highest BCUT2D eigenvalue weighted by atomic mass is 35.5. The molecule has 2 aromatic rings. The Morgan fingerprint density at radius 2 is 1.64 bits per heavy atom. The molecule has 4 heterocycles. The first kappa shape index (κ1) is 42.1. The van der Waals surface area contributed by atoms with Crippen LogP contribution in [0.15, 0.2) is 48.5 Å². The Kier molecular flexibility index (Phi) is 13.0.